The van der Waals surface area contributed by atoms with Crippen LogP contribution in [0.15, 0.2) is 47.5 Å². The number of thioether (sulfide) groups is 1. The van der Waals surface area contributed by atoms with E-state index in [0.29, 0.717) is 11.4 Å². The molecule has 1 aromatic heterocycles. The van der Waals surface area contributed by atoms with Gasteiger partial charge < -0.3 is 14.5 Å². The van der Waals surface area contributed by atoms with Crippen LogP contribution in [0.25, 0.3) is 11.8 Å². The van der Waals surface area contributed by atoms with Gasteiger partial charge in [-0.05, 0) is 54.6 Å². The van der Waals surface area contributed by atoms with Crippen LogP contribution in [-0.2, 0) is 4.79 Å². The van der Waals surface area contributed by atoms with Crippen LogP contribution < -0.4 is 5.11 Å². The van der Waals surface area contributed by atoms with E-state index in [1.54, 1.807) is 35.9 Å². The van der Waals surface area contributed by atoms with Gasteiger partial charge in [-0.15, -0.1) is 0 Å². The fourth-order valence-electron chi connectivity index (χ4n) is 2.41. The number of benzene rings is 1. The minimum absolute atomic E-state index is 0.0940. The molecule has 0 saturated carbocycles. The number of rotatable bonds is 4. The molecule has 3 rings (SSSR count). The molecular weight excluding hydrogens is 328 g/mol. The summed E-state index contributed by atoms with van der Waals surface area (Å²) in [6.45, 7) is 2.09. The van der Waals surface area contributed by atoms with Gasteiger partial charge in [0.2, 0.25) is 0 Å². The molecule has 6 nitrogen and oxygen atoms in total. The number of amides is 2. The molecule has 2 aromatic rings. The first-order valence-corrected chi connectivity index (χ1v) is 8.07. The zero-order valence-corrected chi connectivity index (χ0v) is 13.6. The summed E-state index contributed by atoms with van der Waals surface area (Å²) < 4.78 is 1.80. The molecule has 1 fully saturated rings. The lowest BCUT2D eigenvalue weighted by Gasteiger charge is -2.09. The van der Waals surface area contributed by atoms with Crippen LogP contribution in [0, 0.1) is 0 Å². The summed E-state index contributed by atoms with van der Waals surface area (Å²) in [7, 11) is 0. The van der Waals surface area contributed by atoms with Crippen LogP contribution in [-0.4, -0.2) is 33.1 Å². The largest absolute Gasteiger partial charge is 0.545 e. The maximum absolute atomic E-state index is 12.2. The lowest BCUT2D eigenvalue weighted by atomic mass is 10.2. The number of carboxylic acid groups (broad SMARTS) is 1. The highest BCUT2D eigenvalue weighted by Crippen LogP contribution is 2.32. The molecular formula is C17H13N2O4S-. The first-order valence-electron chi connectivity index (χ1n) is 7.25. The summed E-state index contributed by atoms with van der Waals surface area (Å²) in [5.74, 6) is -1.53. The highest BCUT2D eigenvalue weighted by atomic mass is 32.2. The molecule has 0 atom stereocenters. The third-order valence-corrected chi connectivity index (χ3v) is 4.54. The Morgan fingerprint density at radius 3 is 2.50 bits per heavy atom. The second kappa shape index (κ2) is 6.37. The van der Waals surface area contributed by atoms with E-state index < -0.39 is 5.97 Å². The van der Waals surface area contributed by atoms with Crippen molar-refractivity contribution >= 4 is 35.0 Å². The Morgan fingerprint density at radius 1 is 1.21 bits per heavy atom. The predicted molar refractivity (Wildman–Crippen MR) is 88.5 cm³/mol. The minimum Gasteiger partial charge on any atom is -0.545 e. The number of imide groups is 1. The van der Waals surface area contributed by atoms with E-state index in [0.717, 1.165) is 23.1 Å². The van der Waals surface area contributed by atoms with Gasteiger partial charge in [-0.3, -0.25) is 14.5 Å². The Kier molecular flexibility index (Phi) is 4.26. The highest BCUT2D eigenvalue weighted by molar-refractivity contribution is 8.18. The standard InChI is InChI=1S/C17H14N2O4S/c1-2-18-15(20)14(24-17(18)23)10-13-4-3-9-19(13)12-7-5-11(6-8-12)16(21)22/h3-10H,2H2,1H3,(H,21,22)/p-1. The van der Waals surface area contributed by atoms with Crippen LogP contribution in [0.2, 0.25) is 0 Å². The molecule has 2 heterocycles. The number of aromatic carboxylic acids is 1. The zero-order chi connectivity index (χ0) is 17.3. The fourth-order valence-corrected chi connectivity index (χ4v) is 3.30. The van der Waals surface area contributed by atoms with Crippen LogP contribution in [0.1, 0.15) is 23.0 Å². The van der Waals surface area contributed by atoms with Crippen molar-refractivity contribution in [3.8, 4) is 5.69 Å². The molecule has 0 spiro atoms. The van der Waals surface area contributed by atoms with Gasteiger partial charge in [0.1, 0.15) is 0 Å². The number of hydrogen-bond acceptors (Lipinski definition) is 5. The van der Waals surface area contributed by atoms with Gasteiger partial charge in [0.05, 0.1) is 10.9 Å². The van der Waals surface area contributed by atoms with E-state index in [4.69, 9.17) is 0 Å². The maximum Gasteiger partial charge on any atom is 0.293 e. The summed E-state index contributed by atoms with van der Waals surface area (Å²) >= 11 is 0.914. The molecule has 0 unspecified atom stereocenters. The molecule has 0 aliphatic carbocycles. The van der Waals surface area contributed by atoms with E-state index >= 15 is 0 Å². The third-order valence-electron chi connectivity index (χ3n) is 3.63. The molecule has 24 heavy (non-hydrogen) atoms. The van der Waals surface area contributed by atoms with E-state index in [2.05, 4.69) is 0 Å². The van der Waals surface area contributed by atoms with Crippen LogP contribution in [0.4, 0.5) is 4.79 Å². The average molecular weight is 341 g/mol. The van der Waals surface area contributed by atoms with Crippen molar-refractivity contribution in [2.24, 2.45) is 0 Å². The van der Waals surface area contributed by atoms with E-state index in [1.165, 1.54) is 17.0 Å². The highest BCUT2D eigenvalue weighted by Gasteiger charge is 2.33. The molecule has 1 aliphatic rings. The summed E-state index contributed by atoms with van der Waals surface area (Å²) in [5, 5.41) is 10.5. The number of carboxylic acids is 1. The summed E-state index contributed by atoms with van der Waals surface area (Å²) in [6, 6.07) is 9.84. The molecule has 122 valence electrons. The van der Waals surface area contributed by atoms with Gasteiger partial charge in [0, 0.05) is 24.1 Å². The van der Waals surface area contributed by atoms with Gasteiger partial charge >= 0.3 is 0 Å². The lowest BCUT2D eigenvalue weighted by molar-refractivity contribution is -0.255. The monoisotopic (exact) mass is 341 g/mol. The second-order valence-electron chi connectivity index (χ2n) is 5.06. The third kappa shape index (κ3) is 2.85. The van der Waals surface area contributed by atoms with Crippen molar-refractivity contribution in [2.45, 2.75) is 6.92 Å². The van der Waals surface area contributed by atoms with Gasteiger partial charge in [-0.25, -0.2) is 0 Å². The van der Waals surface area contributed by atoms with Crippen molar-refractivity contribution < 1.29 is 19.5 Å². The quantitative estimate of drug-likeness (QED) is 0.793. The maximum atomic E-state index is 12.2. The normalized spacial score (nSPS) is 16.2. The number of aromatic nitrogens is 1. The van der Waals surface area contributed by atoms with E-state index in [-0.39, 0.29) is 16.7 Å². The van der Waals surface area contributed by atoms with Crippen molar-refractivity contribution in [3.63, 3.8) is 0 Å². The Labute approximate surface area is 142 Å². The zero-order valence-electron chi connectivity index (χ0n) is 12.8. The topological polar surface area (TPSA) is 82.4 Å². The Morgan fingerprint density at radius 2 is 1.92 bits per heavy atom. The molecule has 1 saturated heterocycles. The van der Waals surface area contributed by atoms with Gasteiger partial charge in [0.15, 0.2) is 0 Å². The summed E-state index contributed by atoms with van der Waals surface area (Å²) in [5.41, 5.74) is 1.56. The van der Waals surface area contributed by atoms with Gasteiger partial charge in [-0.1, -0.05) is 12.1 Å². The predicted octanol–water partition coefficient (Wildman–Crippen LogP) is 1.90. The van der Waals surface area contributed by atoms with Crippen LogP contribution >= 0.6 is 11.8 Å². The Hall–Kier alpha value is -2.80. The van der Waals surface area contributed by atoms with Crippen LogP contribution in [0.3, 0.4) is 0 Å². The fraction of sp³-hybridized carbons (Fsp3) is 0.118. The van der Waals surface area contributed by atoms with E-state index in [1.807, 2.05) is 12.1 Å². The molecule has 0 radical (unpaired) electrons. The second-order valence-corrected chi connectivity index (χ2v) is 6.06. The number of hydrogen-bond donors (Lipinski definition) is 0. The van der Waals surface area contributed by atoms with Crippen molar-refractivity contribution in [1.29, 1.82) is 0 Å². The summed E-state index contributed by atoms with van der Waals surface area (Å²) in [6.07, 6.45) is 3.46. The molecule has 1 aliphatic heterocycles. The van der Waals surface area contributed by atoms with Gasteiger partial charge in [-0.2, -0.15) is 0 Å². The van der Waals surface area contributed by atoms with Crippen molar-refractivity contribution in [2.75, 3.05) is 6.54 Å². The number of carbonyl (C=O) groups is 3. The average Bonchev–Trinajstić information content (AvgIpc) is 3.12. The number of likely N-dealkylation sites (N-methyl/N-ethyl adjacent to an activating group) is 1. The first-order chi connectivity index (χ1) is 11.5. The van der Waals surface area contributed by atoms with Crippen molar-refractivity contribution in [3.05, 3.63) is 58.8 Å². The minimum atomic E-state index is -1.23. The molecule has 2 amide bonds. The number of nitrogens with zero attached hydrogens (tertiary/aromatic N) is 2. The number of carbonyl (C=O) groups excluding carboxylic acids is 3. The molecule has 0 bridgehead atoms. The van der Waals surface area contributed by atoms with Crippen molar-refractivity contribution in [1.82, 2.24) is 9.47 Å². The van der Waals surface area contributed by atoms with E-state index in [9.17, 15) is 19.5 Å². The molecule has 1 aromatic carbocycles. The Bertz CT molecular complexity index is 852. The smallest absolute Gasteiger partial charge is 0.293 e. The summed E-state index contributed by atoms with van der Waals surface area (Å²) in [4.78, 5) is 36.3. The molecule has 0 N–H and O–H groups in total. The molecule has 7 heteroatoms. The Balaban J connectivity index is 1.94. The first kappa shape index (κ1) is 16.1. The lowest BCUT2D eigenvalue weighted by Crippen LogP contribution is -2.27. The van der Waals surface area contributed by atoms with Gasteiger partial charge in [0.25, 0.3) is 11.1 Å². The SMILES string of the molecule is CCN1C(=O)SC(=Cc2cccn2-c2ccc(C(=O)[O-])cc2)C1=O. The van der Waals surface area contributed by atoms with Crippen LogP contribution in [0.5, 0.6) is 0 Å².